The Morgan fingerprint density at radius 2 is 1.79 bits per heavy atom. The second kappa shape index (κ2) is 5.79. The van der Waals surface area contributed by atoms with E-state index in [0.29, 0.717) is 6.04 Å². The van der Waals surface area contributed by atoms with Gasteiger partial charge in [-0.25, -0.2) is 0 Å². The third kappa shape index (κ3) is 3.60. The standard InChI is InChI=1S/C17H23NS/c1-5-15(16-7-6-12-19-16)18-14-10-8-13(9-11-14)17(2,3)4/h6-12,15,18H,5H2,1-4H3. The van der Waals surface area contributed by atoms with Crippen molar-refractivity contribution >= 4 is 17.0 Å². The van der Waals surface area contributed by atoms with Crippen LogP contribution in [0.5, 0.6) is 0 Å². The summed E-state index contributed by atoms with van der Waals surface area (Å²) in [6, 6.07) is 13.6. The molecule has 0 amide bonds. The van der Waals surface area contributed by atoms with Crippen molar-refractivity contribution < 1.29 is 0 Å². The summed E-state index contributed by atoms with van der Waals surface area (Å²) in [6.07, 6.45) is 1.10. The lowest BCUT2D eigenvalue weighted by Crippen LogP contribution is -2.12. The molecule has 0 spiro atoms. The number of hydrogen-bond acceptors (Lipinski definition) is 2. The predicted molar refractivity (Wildman–Crippen MR) is 86.1 cm³/mol. The number of anilines is 1. The first kappa shape index (κ1) is 14.1. The lowest BCUT2D eigenvalue weighted by Gasteiger charge is -2.21. The molecule has 1 nitrogen and oxygen atoms in total. The number of rotatable bonds is 4. The molecule has 19 heavy (non-hydrogen) atoms. The van der Waals surface area contributed by atoms with E-state index in [1.54, 1.807) is 0 Å². The molecule has 2 aromatic rings. The molecule has 0 radical (unpaired) electrons. The zero-order chi connectivity index (χ0) is 13.9. The number of benzene rings is 1. The lowest BCUT2D eigenvalue weighted by atomic mass is 9.87. The molecule has 1 atom stereocenters. The zero-order valence-electron chi connectivity index (χ0n) is 12.2. The highest BCUT2D eigenvalue weighted by Crippen LogP contribution is 2.28. The minimum absolute atomic E-state index is 0.219. The van der Waals surface area contributed by atoms with Gasteiger partial charge in [-0.15, -0.1) is 11.3 Å². The Labute approximate surface area is 120 Å². The molecule has 0 saturated carbocycles. The highest BCUT2D eigenvalue weighted by molar-refractivity contribution is 7.10. The Hall–Kier alpha value is -1.28. The summed E-state index contributed by atoms with van der Waals surface area (Å²) in [4.78, 5) is 1.40. The first-order valence-electron chi connectivity index (χ1n) is 6.91. The van der Waals surface area contributed by atoms with Crippen LogP contribution in [0.15, 0.2) is 41.8 Å². The Morgan fingerprint density at radius 1 is 1.11 bits per heavy atom. The second-order valence-electron chi connectivity index (χ2n) is 5.95. The normalized spacial score (nSPS) is 13.3. The van der Waals surface area contributed by atoms with Crippen molar-refractivity contribution in [3.8, 4) is 0 Å². The van der Waals surface area contributed by atoms with Crippen molar-refractivity contribution in [2.45, 2.75) is 45.6 Å². The van der Waals surface area contributed by atoms with Crippen LogP contribution in [-0.2, 0) is 5.41 Å². The van der Waals surface area contributed by atoms with Crippen LogP contribution < -0.4 is 5.32 Å². The molecule has 2 rings (SSSR count). The third-order valence-corrected chi connectivity index (χ3v) is 4.37. The van der Waals surface area contributed by atoms with Gasteiger partial charge in [0.15, 0.2) is 0 Å². The molecule has 0 aliphatic rings. The fraction of sp³-hybridized carbons (Fsp3) is 0.412. The van der Waals surface area contributed by atoms with Crippen molar-refractivity contribution in [2.75, 3.05) is 5.32 Å². The molecule has 2 heteroatoms. The van der Waals surface area contributed by atoms with Crippen LogP contribution in [0.4, 0.5) is 5.69 Å². The van der Waals surface area contributed by atoms with Crippen LogP contribution in [0.1, 0.15) is 50.6 Å². The third-order valence-electron chi connectivity index (χ3n) is 3.39. The summed E-state index contributed by atoms with van der Waals surface area (Å²) in [5, 5.41) is 5.76. The summed E-state index contributed by atoms with van der Waals surface area (Å²) in [6.45, 7) is 8.96. The van der Waals surface area contributed by atoms with Crippen LogP contribution in [-0.4, -0.2) is 0 Å². The number of hydrogen-bond donors (Lipinski definition) is 1. The molecule has 1 N–H and O–H groups in total. The van der Waals surface area contributed by atoms with Gasteiger partial charge in [0.2, 0.25) is 0 Å². The SMILES string of the molecule is CCC(Nc1ccc(C(C)(C)C)cc1)c1cccs1. The van der Waals surface area contributed by atoms with E-state index in [0.717, 1.165) is 6.42 Å². The van der Waals surface area contributed by atoms with Gasteiger partial charge < -0.3 is 5.32 Å². The minimum atomic E-state index is 0.219. The Morgan fingerprint density at radius 3 is 2.26 bits per heavy atom. The first-order valence-corrected chi connectivity index (χ1v) is 7.79. The van der Waals surface area contributed by atoms with Gasteiger partial charge >= 0.3 is 0 Å². The second-order valence-corrected chi connectivity index (χ2v) is 6.93. The number of thiophene rings is 1. The Balaban J connectivity index is 2.11. The molecule has 1 unspecified atom stereocenters. The van der Waals surface area contributed by atoms with Crippen molar-refractivity contribution in [1.29, 1.82) is 0 Å². The van der Waals surface area contributed by atoms with Gasteiger partial charge in [0.1, 0.15) is 0 Å². The van der Waals surface area contributed by atoms with E-state index in [9.17, 15) is 0 Å². The fourth-order valence-corrected chi connectivity index (χ4v) is 2.99. The molecule has 0 aliphatic heterocycles. The topological polar surface area (TPSA) is 12.0 Å². The Kier molecular flexibility index (Phi) is 4.31. The molecular weight excluding hydrogens is 250 g/mol. The summed E-state index contributed by atoms with van der Waals surface area (Å²) < 4.78 is 0. The largest absolute Gasteiger partial charge is 0.377 e. The zero-order valence-corrected chi connectivity index (χ0v) is 13.1. The maximum Gasteiger partial charge on any atom is 0.0603 e. The van der Waals surface area contributed by atoms with Gasteiger partial charge in [0, 0.05) is 10.6 Å². The van der Waals surface area contributed by atoms with Gasteiger partial charge in [-0.3, -0.25) is 0 Å². The molecule has 1 aromatic heterocycles. The van der Waals surface area contributed by atoms with Crippen LogP contribution in [0.2, 0.25) is 0 Å². The fourth-order valence-electron chi connectivity index (χ4n) is 2.13. The van der Waals surface area contributed by atoms with E-state index < -0.39 is 0 Å². The quantitative estimate of drug-likeness (QED) is 0.763. The van der Waals surface area contributed by atoms with Crippen molar-refractivity contribution in [2.24, 2.45) is 0 Å². The minimum Gasteiger partial charge on any atom is -0.377 e. The smallest absolute Gasteiger partial charge is 0.0603 e. The molecule has 0 fully saturated rings. The molecule has 1 heterocycles. The van der Waals surface area contributed by atoms with Gasteiger partial charge in [-0.05, 0) is 41.0 Å². The van der Waals surface area contributed by atoms with E-state index in [4.69, 9.17) is 0 Å². The van der Waals surface area contributed by atoms with E-state index in [2.05, 4.69) is 74.8 Å². The van der Waals surface area contributed by atoms with E-state index >= 15 is 0 Å². The molecule has 1 aromatic carbocycles. The van der Waals surface area contributed by atoms with Gasteiger partial charge in [-0.1, -0.05) is 45.9 Å². The number of nitrogens with one attached hydrogen (secondary N) is 1. The van der Waals surface area contributed by atoms with Gasteiger partial charge in [0.25, 0.3) is 0 Å². The van der Waals surface area contributed by atoms with Crippen LogP contribution in [0.3, 0.4) is 0 Å². The van der Waals surface area contributed by atoms with Crippen LogP contribution in [0.25, 0.3) is 0 Å². The summed E-state index contributed by atoms with van der Waals surface area (Å²) >= 11 is 1.82. The Bertz CT molecular complexity index is 491. The molecule has 0 aliphatic carbocycles. The molecule has 0 bridgehead atoms. The average Bonchev–Trinajstić information content (AvgIpc) is 2.89. The summed E-state index contributed by atoms with van der Waals surface area (Å²) in [7, 11) is 0. The lowest BCUT2D eigenvalue weighted by molar-refractivity contribution is 0.590. The van der Waals surface area contributed by atoms with Gasteiger partial charge in [0.05, 0.1) is 6.04 Å². The predicted octanol–water partition coefficient (Wildman–Crippen LogP) is 5.61. The maximum atomic E-state index is 3.62. The van der Waals surface area contributed by atoms with Crippen molar-refractivity contribution in [3.05, 3.63) is 52.2 Å². The van der Waals surface area contributed by atoms with Crippen molar-refractivity contribution in [1.82, 2.24) is 0 Å². The van der Waals surface area contributed by atoms with E-state index in [-0.39, 0.29) is 5.41 Å². The summed E-state index contributed by atoms with van der Waals surface area (Å²) in [5.74, 6) is 0. The monoisotopic (exact) mass is 273 g/mol. The van der Waals surface area contributed by atoms with Crippen LogP contribution >= 0.6 is 11.3 Å². The summed E-state index contributed by atoms with van der Waals surface area (Å²) in [5.41, 5.74) is 2.80. The van der Waals surface area contributed by atoms with Crippen molar-refractivity contribution in [3.63, 3.8) is 0 Å². The van der Waals surface area contributed by atoms with E-state index in [1.165, 1.54) is 16.1 Å². The average molecular weight is 273 g/mol. The van der Waals surface area contributed by atoms with Crippen LogP contribution in [0, 0.1) is 0 Å². The molecular formula is C17H23NS. The highest BCUT2D eigenvalue weighted by Gasteiger charge is 2.14. The first-order chi connectivity index (χ1) is 9.00. The molecule has 0 saturated heterocycles. The van der Waals surface area contributed by atoms with E-state index in [1.807, 2.05) is 11.3 Å². The molecule has 102 valence electrons. The maximum absolute atomic E-state index is 3.62. The van der Waals surface area contributed by atoms with Gasteiger partial charge in [-0.2, -0.15) is 0 Å². The highest BCUT2D eigenvalue weighted by atomic mass is 32.1.